The lowest BCUT2D eigenvalue weighted by atomic mass is 10.0. The van der Waals surface area contributed by atoms with E-state index < -0.39 is 0 Å². The van der Waals surface area contributed by atoms with Crippen LogP contribution >= 0.6 is 11.3 Å². The number of hydrogen-bond donors (Lipinski definition) is 2. The Balaban J connectivity index is 1.93. The molecule has 1 atom stereocenters. The van der Waals surface area contributed by atoms with Crippen molar-refractivity contribution >= 4 is 22.9 Å². The molecule has 0 saturated heterocycles. The lowest BCUT2D eigenvalue weighted by Gasteiger charge is -2.12. The van der Waals surface area contributed by atoms with Gasteiger partial charge in [0.25, 0.3) is 5.91 Å². The Morgan fingerprint density at radius 2 is 2.06 bits per heavy atom. The molecule has 94 valence electrons. The molecule has 0 aliphatic rings. The first-order chi connectivity index (χ1) is 8.68. The van der Waals surface area contributed by atoms with E-state index in [1.54, 1.807) is 6.07 Å². The van der Waals surface area contributed by atoms with Crippen LogP contribution in [0.1, 0.15) is 28.1 Å². The van der Waals surface area contributed by atoms with Crippen molar-refractivity contribution in [2.45, 2.75) is 12.8 Å². The van der Waals surface area contributed by atoms with Crippen LogP contribution in [0.3, 0.4) is 0 Å². The van der Waals surface area contributed by atoms with Crippen LogP contribution in [0, 0.1) is 0 Å². The van der Waals surface area contributed by atoms with Crippen LogP contribution < -0.4 is 11.1 Å². The smallest absolute Gasteiger partial charge is 0.263 e. The zero-order chi connectivity index (χ0) is 13.0. The van der Waals surface area contributed by atoms with Crippen molar-refractivity contribution in [2.24, 2.45) is 0 Å². The van der Waals surface area contributed by atoms with Crippen LogP contribution in [-0.4, -0.2) is 12.5 Å². The lowest BCUT2D eigenvalue weighted by molar-refractivity contribution is 0.0956. The third kappa shape index (κ3) is 2.90. The van der Waals surface area contributed by atoms with Crippen molar-refractivity contribution in [2.75, 3.05) is 12.3 Å². The Kier molecular flexibility index (Phi) is 3.99. The van der Waals surface area contributed by atoms with Crippen LogP contribution in [-0.2, 0) is 0 Å². The van der Waals surface area contributed by atoms with Gasteiger partial charge in [0.15, 0.2) is 0 Å². The van der Waals surface area contributed by atoms with Crippen molar-refractivity contribution in [3.63, 3.8) is 0 Å². The molecule has 0 aliphatic heterocycles. The molecule has 2 rings (SSSR count). The van der Waals surface area contributed by atoms with E-state index in [0.717, 1.165) is 0 Å². The Labute approximate surface area is 111 Å². The molecule has 2 aromatic rings. The number of hydrogen-bond acceptors (Lipinski definition) is 3. The van der Waals surface area contributed by atoms with E-state index in [2.05, 4.69) is 24.4 Å². The molecular formula is C14H16N2OS. The monoisotopic (exact) mass is 260 g/mol. The fraction of sp³-hybridized carbons (Fsp3) is 0.214. The number of carbonyl (C=O) groups is 1. The number of benzene rings is 1. The first-order valence-electron chi connectivity index (χ1n) is 5.84. The van der Waals surface area contributed by atoms with E-state index >= 15 is 0 Å². The summed E-state index contributed by atoms with van der Waals surface area (Å²) < 4.78 is 0. The van der Waals surface area contributed by atoms with Crippen molar-refractivity contribution in [1.29, 1.82) is 0 Å². The van der Waals surface area contributed by atoms with Crippen molar-refractivity contribution in [3.8, 4) is 0 Å². The third-order valence-corrected chi connectivity index (χ3v) is 3.77. The maximum absolute atomic E-state index is 11.9. The number of anilines is 1. The Bertz CT molecular complexity index is 522. The molecule has 1 aromatic carbocycles. The standard InChI is InChI=1S/C14H16N2OS/c1-10(11-5-3-2-4-6-11)9-16-14(17)13-12(15)7-8-18-13/h2-8,10H,9,15H2,1H3,(H,16,17). The number of thiophene rings is 1. The highest BCUT2D eigenvalue weighted by molar-refractivity contribution is 7.12. The molecule has 0 fully saturated rings. The molecule has 0 radical (unpaired) electrons. The minimum atomic E-state index is -0.0923. The predicted molar refractivity (Wildman–Crippen MR) is 75.9 cm³/mol. The summed E-state index contributed by atoms with van der Waals surface area (Å²) in [6.07, 6.45) is 0. The van der Waals surface area contributed by atoms with Gasteiger partial charge in [0.2, 0.25) is 0 Å². The van der Waals surface area contributed by atoms with E-state index in [1.807, 2.05) is 23.6 Å². The second kappa shape index (κ2) is 5.69. The third-order valence-electron chi connectivity index (χ3n) is 2.84. The predicted octanol–water partition coefficient (Wildman–Crippen LogP) is 2.86. The first-order valence-corrected chi connectivity index (χ1v) is 6.72. The summed E-state index contributed by atoms with van der Waals surface area (Å²) >= 11 is 1.37. The number of rotatable bonds is 4. The Morgan fingerprint density at radius 3 is 2.67 bits per heavy atom. The highest BCUT2D eigenvalue weighted by Gasteiger charge is 2.12. The average molecular weight is 260 g/mol. The Hall–Kier alpha value is -1.81. The first kappa shape index (κ1) is 12.6. The fourth-order valence-electron chi connectivity index (χ4n) is 1.73. The number of carbonyl (C=O) groups excluding carboxylic acids is 1. The number of nitrogen functional groups attached to an aromatic ring is 1. The van der Waals surface area contributed by atoms with E-state index in [-0.39, 0.29) is 11.8 Å². The molecule has 4 heteroatoms. The van der Waals surface area contributed by atoms with Crippen molar-refractivity contribution < 1.29 is 4.79 Å². The molecule has 1 unspecified atom stereocenters. The molecule has 1 heterocycles. The number of nitrogens with one attached hydrogen (secondary N) is 1. The van der Waals surface area contributed by atoms with Gasteiger partial charge >= 0.3 is 0 Å². The van der Waals surface area contributed by atoms with Gasteiger partial charge in [-0.3, -0.25) is 4.79 Å². The van der Waals surface area contributed by atoms with Crippen molar-refractivity contribution in [1.82, 2.24) is 5.32 Å². The maximum atomic E-state index is 11.9. The molecule has 3 nitrogen and oxygen atoms in total. The minimum Gasteiger partial charge on any atom is -0.397 e. The maximum Gasteiger partial charge on any atom is 0.263 e. The second-order valence-electron chi connectivity index (χ2n) is 4.23. The van der Waals surface area contributed by atoms with Gasteiger partial charge in [0.05, 0.1) is 5.69 Å². The van der Waals surface area contributed by atoms with Gasteiger partial charge in [-0.05, 0) is 22.9 Å². The van der Waals surface area contributed by atoms with E-state index in [9.17, 15) is 4.79 Å². The topological polar surface area (TPSA) is 55.1 Å². The zero-order valence-electron chi connectivity index (χ0n) is 10.2. The molecule has 1 amide bonds. The SMILES string of the molecule is CC(CNC(=O)c1sccc1N)c1ccccc1. The number of amides is 1. The summed E-state index contributed by atoms with van der Waals surface area (Å²) in [7, 11) is 0. The molecule has 0 spiro atoms. The zero-order valence-corrected chi connectivity index (χ0v) is 11.0. The van der Waals surface area contributed by atoms with Crippen LogP contribution in [0.5, 0.6) is 0 Å². The minimum absolute atomic E-state index is 0.0923. The molecule has 0 bridgehead atoms. The fourth-order valence-corrected chi connectivity index (χ4v) is 2.46. The van der Waals surface area contributed by atoms with Gasteiger partial charge in [-0.15, -0.1) is 11.3 Å². The highest BCUT2D eigenvalue weighted by Crippen LogP contribution is 2.19. The lowest BCUT2D eigenvalue weighted by Crippen LogP contribution is -2.27. The van der Waals surface area contributed by atoms with Gasteiger partial charge in [-0.25, -0.2) is 0 Å². The molecular weight excluding hydrogens is 244 g/mol. The molecule has 3 N–H and O–H groups in total. The van der Waals surface area contributed by atoms with Gasteiger partial charge in [0.1, 0.15) is 4.88 Å². The largest absolute Gasteiger partial charge is 0.397 e. The Morgan fingerprint density at radius 1 is 1.33 bits per heavy atom. The summed E-state index contributed by atoms with van der Waals surface area (Å²) in [5.74, 6) is 0.196. The molecule has 1 aromatic heterocycles. The second-order valence-corrected chi connectivity index (χ2v) is 5.14. The van der Waals surface area contributed by atoms with Gasteiger partial charge < -0.3 is 11.1 Å². The van der Waals surface area contributed by atoms with E-state index in [4.69, 9.17) is 5.73 Å². The summed E-state index contributed by atoms with van der Waals surface area (Å²) in [6.45, 7) is 2.70. The van der Waals surface area contributed by atoms with Crippen LogP contribution in [0.25, 0.3) is 0 Å². The normalized spacial score (nSPS) is 12.1. The number of nitrogens with two attached hydrogens (primary N) is 1. The van der Waals surface area contributed by atoms with Crippen LogP contribution in [0.2, 0.25) is 0 Å². The molecule has 18 heavy (non-hydrogen) atoms. The highest BCUT2D eigenvalue weighted by atomic mass is 32.1. The molecule has 0 aliphatic carbocycles. The van der Waals surface area contributed by atoms with E-state index in [1.165, 1.54) is 16.9 Å². The van der Waals surface area contributed by atoms with Crippen LogP contribution in [0.4, 0.5) is 5.69 Å². The van der Waals surface area contributed by atoms with E-state index in [0.29, 0.717) is 17.1 Å². The summed E-state index contributed by atoms with van der Waals surface area (Å²) in [4.78, 5) is 12.5. The summed E-state index contributed by atoms with van der Waals surface area (Å²) in [5.41, 5.74) is 7.47. The van der Waals surface area contributed by atoms with Gasteiger partial charge in [0, 0.05) is 6.54 Å². The summed E-state index contributed by atoms with van der Waals surface area (Å²) in [5, 5.41) is 4.74. The molecule has 0 saturated carbocycles. The van der Waals surface area contributed by atoms with Gasteiger partial charge in [-0.2, -0.15) is 0 Å². The quantitative estimate of drug-likeness (QED) is 0.888. The van der Waals surface area contributed by atoms with Crippen molar-refractivity contribution in [3.05, 3.63) is 52.2 Å². The van der Waals surface area contributed by atoms with Crippen LogP contribution in [0.15, 0.2) is 41.8 Å². The van der Waals surface area contributed by atoms with Gasteiger partial charge in [-0.1, -0.05) is 37.3 Å². The average Bonchev–Trinajstić information content (AvgIpc) is 2.83. The summed E-state index contributed by atoms with van der Waals surface area (Å²) in [6, 6.07) is 11.9.